The number of aromatic nitrogens is 4. The van der Waals surface area contributed by atoms with E-state index in [1.54, 1.807) is 16.8 Å². The summed E-state index contributed by atoms with van der Waals surface area (Å²) in [7, 11) is 0. The number of hydrogen-bond acceptors (Lipinski definition) is 6. The molecule has 0 saturated carbocycles. The van der Waals surface area contributed by atoms with Gasteiger partial charge in [0.15, 0.2) is 17.4 Å². The zero-order chi connectivity index (χ0) is 15.6. The van der Waals surface area contributed by atoms with Crippen molar-refractivity contribution in [3.8, 4) is 5.82 Å². The fourth-order valence-electron chi connectivity index (χ4n) is 1.92. The second kappa shape index (κ2) is 6.17. The summed E-state index contributed by atoms with van der Waals surface area (Å²) in [4.78, 5) is 22.8. The topological polar surface area (TPSA) is 77.7 Å². The molecule has 7 heteroatoms. The van der Waals surface area contributed by atoms with Crippen molar-refractivity contribution in [2.75, 3.05) is 0 Å². The molecule has 110 valence electrons. The Kier molecular flexibility index (Phi) is 4.52. The minimum absolute atomic E-state index is 0.183. The van der Waals surface area contributed by atoms with Gasteiger partial charge in [-0.05, 0) is 45.9 Å². The highest BCUT2D eigenvalue weighted by atomic mass is 32.2. The van der Waals surface area contributed by atoms with Crippen LogP contribution < -0.4 is 0 Å². The van der Waals surface area contributed by atoms with E-state index in [0.29, 0.717) is 10.8 Å². The Labute approximate surface area is 127 Å². The van der Waals surface area contributed by atoms with Gasteiger partial charge in [0.1, 0.15) is 10.3 Å². The van der Waals surface area contributed by atoms with Crippen LogP contribution in [0, 0.1) is 13.8 Å². The molecule has 2 aromatic rings. The molecule has 0 spiro atoms. The Morgan fingerprint density at radius 3 is 2.24 bits per heavy atom. The largest absolute Gasteiger partial charge is 0.298 e. The molecule has 2 heterocycles. The Bertz CT molecular complexity index is 665. The van der Waals surface area contributed by atoms with Gasteiger partial charge in [-0.2, -0.15) is 5.10 Å². The van der Waals surface area contributed by atoms with E-state index in [2.05, 4.69) is 15.3 Å². The molecular formula is C14H16N4O2S. The predicted octanol–water partition coefficient (Wildman–Crippen LogP) is 1.92. The second-order valence-electron chi connectivity index (χ2n) is 4.79. The quantitative estimate of drug-likeness (QED) is 0.620. The lowest BCUT2D eigenvalue weighted by molar-refractivity contribution is -0.123. The fraction of sp³-hybridized carbons (Fsp3) is 0.357. The molecule has 0 bridgehead atoms. The molecule has 21 heavy (non-hydrogen) atoms. The van der Waals surface area contributed by atoms with E-state index in [-0.39, 0.29) is 11.6 Å². The minimum Gasteiger partial charge on any atom is -0.298 e. The van der Waals surface area contributed by atoms with Crippen LogP contribution in [0.15, 0.2) is 23.2 Å². The van der Waals surface area contributed by atoms with Crippen molar-refractivity contribution in [3.05, 3.63) is 29.6 Å². The molecule has 0 radical (unpaired) electrons. The van der Waals surface area contributed by atoms with E-state index in [0.717, 1.165) is 23.1 Å². The van der Waals surface area contributed by atoms with Crippen LogP contribution in [0.5, 0.6) is 0 Å². The van der Waals surface area contributed by atoms with E-state index in [9.17, 15) is 9.59 Å². The fourth-order valence-corrected chi connectivity index (χ4v) is 2.73. The molecule has 0 amide bonds. The number of carbonyl (C=O) groups is 2. The van der Waals surface area contributed by atoms with E-state index >= 15 is 0 Å². The maximum absolute atomic E-state index is 11.4. The molecule has 0 unspecified atom stereocenters. The summed E-state index contributed by atoms with van der Waals surface area (Å²) in [6, 6.07) is 5.46. The lowest BCUT2D eigenvalue weighted by Crippen LogP contribution is -2.22. The van der Waals surface area contributed by atoms with E-state index in [1.165, 1.54) is 13.8 Å². The minimum atomic E-state index is -0.723. The van der Waals surface area contributed by atoms with Gasteiger partial charge in [-0.15, -0.1) is 10.2 Å². The maximum atomic E-state index is 11.4. The van der Waals surface area contributed by atoms with Crippen LogP contribution in [0.1, 0.15) is 25.2 Å². The van der Waals surface area contributed by atoms with Crippen LogP contribution in [0.25, 0.3) is 5.82 Å². The number of Topliss-reactive ketones (excluding diaryl/α,β-unsaturated/α-hetero) is 2. The van der Waals surface area contributed by atoms with Crippen LogP contribution in [-0.2, 0) is 9.59 Å². The first-order chi connectivity index (χ1) is 9.88. The molecule has 0 aliphatic carbocycles. The number of ketones is 2. The van der Waals surface area contributed by atoms with Gasteiger partial charge in [-0.25, -0.2) is 4.68 Å². The molecule has 2 aromatic heterocycles. The number of rotatable bonds is 5. The third-order valence-electron chi connectivity index (χ3n) is 2.83. The molecule has 0 aliphatic heterocycles. The van der Waals surface area contributed by atoms with Gasteiger partial charge >= 0.3 is 0 Å². The molecule has 0 fully saturated rings. The van der Waals surface area contributed by atoms with Gasteiger partial charge in [-0.3, -0.25) is 9.59 Å². The molecule has 0 N–H and O–H groups in total. The van der Waals surface area contributed by atoms with Crippen molar-refractivity contribution < 1.29 is 9.59 Å². The SMILES string of the molecule is CC(=O)C(Sc1ccc(-n2nc(C)cc2C)nn1)C(C)=O. The first-order valence-electron chi connectivity index (χ1n) is 6.43. The van der Waals surface area contributed by atoms with Crippen LogP contribution in [-0.4, -0.2) is 36.8 Å². The molecule has 6 nitrogen and oxygen atoms in total. The van der Waals surface area contributed by atoms with Crippen molar-refractivity contribution in [1.82, 2.24) is 20.0 Å². The van der Waals surface area contributed by atoms with E-state index < -0.39 is 5.25 Å². The smallest absolute Gasteiger partial charge is 0.175 e. The van der Waals surface area contributed by atoms with Crippen molar-refractivity contribution in [1.29, 1.82) is 0 Å². The van der Waals surface area contributed by atoms with Gasteiger partial charge in [0, 0.05) is 5.69 Å². The zero-order valence-corrected chi connectivity index (χ0v) is 13.1. The third-order valence-corrected chi connectivity index (χ3v) is 4.19. The average Bonchev–Trinajstić information content (AvgIpc) is 2.75. The van der Waals surface area contributed by atoms with Gasteiger partial charge in [0.2, 0.25) is 0 Å². The van der Waals surface area contributed by atoms with E-state index in [4.69, 9.17) is 0 Å². The standard InChI is InChI=1S/C14H16N4O2S/c1-8-7-9(2)18(17-8)12-5-6-13(16-15-12)21-14(10(3)19)11(4)20/h5-7,14H,1-4H3. The summed E-state index contributed by atoms with van der Waals surface area (Å²) in [5, 5.41) is 12.3. The lowest BCUT2D eigenvalue weighted by Gasteiger charge is -2.09. The van der Waals surface area contributed by atoms with E-state index in [1.807, 2.05) is 19.9 Å². The number of nitrogens with zero attached hydrogens (tertiary/aromatic N) is 4. The Hall–Kier alpha value is -2.02. The number of hydrogen-bond donors (Lipinski definition) is 0. The number of carbonyl (C=O) groups excluding carboxylic acids is 2. The first-order valence-corrected chi connectivity index (χ1v) is 7.31. The highest BCUT2D eigenvalue weighted by Crippen LogP contribution is 2.22. The van der Waals surface area contributed by atoms with Crippen molar-refractivity contribution in [2.45, 2.75) is 38.0 Å². The summed E-state index contributed by atoms with van der Waals surface area (Å²) in [5.41, 5.74) is 1.87. The van der Waals surface area contributed by atoms with Gasteiger partial charge in [0.25, 0.3) is 0 Å². The number of thioether (sulfide) groups is 1. The van der Waals surface area contributed by atoms with Crippen LogP contribution in [0.4, 0.5) is 0 Å². The van der Waals surface area contributed by atoms with Crippen LogP contribution in [0.3, 0.4) is 0 Å². The molecule has 0 atom stereocenters. The first kappa shape index (κ1) is 15.4. The van der Waals surface area contributed by atoms with Gasteiger partial charge in [0.05, 0.1) is 5.69 Å². The maximum Gasteiger partial charge on any atom is 0.175 e. The Balaban J connectivity index is 2.21. The predicted molar refractivity (Wildman–Crippen MR) is 79.6 cm³/mol. The van der Waals surface area contributed by atoms with Crippen molar-refractivity contribution in [2.24, 2.45) is 0 Å². The monoisotopic (exact) mass is 304 g/mol. The summed E-state index contributed by atoms with van der Waals surface area (Å²) in [6.45, 7) is 6.64. The van der Waals surface area contributed by atoms with Crippen LogP contribution in [0.2, 0.25) is 0 Å². The highest BCUT2D eigenvalue weighted by Gasteiger charge is 2.21. The molecule has 0 aliphatic rings. The van der Waals surface area contributed by atoms with Gasteiger partial charge < -0.3 is 0 Å². The third kappa shape index (κ3) is 3.55. The highest BCUT2D eigenvalue weighted by molar-refractivity contribution is 8.01. The lowest BCUT2D eigenvalue weighted by atomic mass is 10.2. The second-order valence-corrected chi connectivity index (χ2v) is 5.91. The van der Waals surface area contributed by atoms with Crippen molar-refractivity contribution in [3.63, 3.8) is 0 Å². The molecule has 0 saturated heterocycles. The summed E-state index contributed by atoms with van der Waals surface area (Å²) in [5.74, 6) is 0.237. The molecule has 2 rings (SSSR count). The Morgan fingerprint density at radius 2 is 1.81 bits per heavy atom. The van der Waals surface area contributed by atoms with Crippen LogP contribution >= 0.6 is 11.8 Å². The normalized spacial score (nSPS) is 10.9. The number of aryl methyl sites for hydroxylation is 2. The van der Waals surface area contributed by atoms with Crippen molar-refractivity contribution >= 4 is 23.3 Å². The van der Waals surface area contributed by atoms with Gasteiger partial charge in [-0.1, -0.05) is 11.8 Å². The Morgan fingerprint density at radius 1 is 1.14 bits per heavy atom. The summed E-state index contributed by atoms with van der Waals surface area (Å²) < 4.78 is 1.70. The molecular weight excluding hydrogens is 288 g/mol. The zero-order valence-electron chi connectivity index (χ0n) is 12.3. The molecule has 0 aromatic carbocycles. The summed E-state index contributed by atoms with van der Waals surface area (Å²) >= 11 is 1.12. The summed E-state index contributed by atoms with van der Waals surface area (Å²) in [6.07, 6.45) is 0. The average molecular weight is 304 g/mol.